The minimum absolute atomic E-state index is 0.0213. The van der Waals surface area contributed by atoms with Crippen LogP contribution in [0.4, 0.5) is 5.82 Å². The van der Waals surface area contributed by atoms with Gasteiger partial charge in [-0.1, -0.05) is 87.9 Å². The van der Waals surface area contributed by atoms with Gasteiger partial charge in [0, 0.05) is 31.5 Å². The summed E-state index contributed by atoms with van der Waals surface area (Å²) in [4.78, 5) is 68.1. The summed E-state index contributed by atoms with van der Waals surface area (Å²) in [6, 6.07) is 6.31. The minimum Gasteiger partial charge on any atom is -0.481 e. The molecule has 0 saturated heterocycles. The molecule has 2 aromatic rings. The molecule has 0 aliphatic rings. The number of amides is 4. The molecule has 284 valence electrons. The maximum absolute atomic E-state index is 14.4. The van der Waals surface area contributed by atoms with Gasteiger partial charge in [-0.2, -0.15) is 0 Å². The van der Waals surface area contributed by atoms with Crippen LogP contribution in [0.3, 0.4) is 0 Å². The standard InChI is InChI=1S/C34H46N8O6.C4H10/c1-6-12-23(13-7-2)29-27(22-14-9-8-10-15-22)28(33(48)40-24(30(35)46)16-11-19-38-34(36)37)31(42(29)20(3)4)41-32(47)25(39-21(5)43)17-18-26(44)45;1-3-4-2/h6-10,12-15,20,24-25H,1,11,16-19H2,2-5H3,(H2,35,46)(H,39,43)(H,40,48)(H,41,47)(H,44,45)(H4,36,37,38);3-4H2,1-2H3/b13-7-,23-12+;. The predicted octanol–water partition coefficient (Wildman–Crippen LogP) is 4.63. The van der Waals surface area contributed by atoms with Crippen LogP contribution in [-0.4, -0.2) is 63.9 Å². The number of hydrogen-bond donors (Lipinski definition) is 7. The number of unbranched alkanes of at least 4 members (excludes halogenated alkanes) is 1. The molecule has 2 rings (SSSR count). The number of carbonyl (C=O) groups excluding carboxylic acids is 4. The number of aliphatic carboxylic acids is 1. The molecule has 14 heteroatoms. The van der Waals surface area contributed by atoms with Gasteiger partial charge in [-0.25, -0.2) is 0 Å². The minimum atomic E-state index is -1.23. The van der Waals surface area contributed by atoms with E-state index in [1.165, 1.54) is 19.8 Å². The maximum atomic E-state index is 14.4. The van der Waals surface area contributed by atoms with Crippen molar-refractivity contribution in [2.45, 2.75) is 98.2 Å². The van der Waals surface area contributed by atoms with Crippen molar-refractivity contribution < 1.29 is 29.1 Å². The zero-order valence-electron chi connectivity index (χ0n) is 31.2. The van der Waals surface area contributed by atoms with Crippen LogP contribution in [0.2, 0.25) is 0 Å². The molecule has 52 heavy (non-hydrogen) atoms. The largest absolute Gasteiger partial charge is 0.481 e. The Morgan fingerprint density at radius 3 is 2.10 bits per heavy atom. The zero-order valence-corrected chi connectivity index (χ0v) is 31.2. The third kappa shape index (κ3) is 13.9. The smallest absolute Gasteiger partial charge is 0.303 e. The Kier molecular flexibility index (Phi) is 19.6. The zero-order chi connectivity index (χ0) is 39.4. The molecule has 14 nitrogen and oxygen atoms in total. The predicted molar refractivity (Wildman–Crippen MR) is 207 cm³/mol. The molecule has 0 aliphatic heterocycles. The number of hydrogen-bond acceptors (Lipinski definition) is 6. The molecule has 0 fully saturated rings. The number of allylic oxidation sites excluding steroid dienone is 5. The average molecular weight is 721 g/mol. The number of anilines is 1. The van der Waals surface area contributed by atoms with Crippen LogP contribution in [0, 0.1) is 0 Å². The number of benzene rings is 1. The molecule has 0 bridgehead atoms. The summed E-state index contributed by atoms with van der Waals surface area (Å²) in [5, 5.41) is 17.3. The molecule has 4 amide bonds. The van der Waals surface area contributed by atoms with Crippen molar-refractivity contribution in [1.82, 2.24) is 15.2 Å². The number of carbonyl (C=O) groups is 5. The van der Waals surface area contributed by atoms with Crippen LogP contribution in [0.5, 0.6) is 0 Å². The fourth-order valence-corrected chi connectivity index (χ4v) is 5.14. The quantitative estimate of drug-likeness (QED) is 0.0466. The highest BCUT2D eigenvalue weighted by molar-refractivity contribution is 6.13. The van der Waals surface area contributed by atoms with E-state index in [2.05, 4.69) is 41.4 Å². The Morgan fingerprint density at radius 2 is 1.62 bits per heavy atom. The molecule has 0 aliphatic carbocycles. The number of aromatic nitrogens is 1. The summed E-state index contributed by atoms with van der Waals surface area (Å²) in [5.41, 5.74) is 18.8. The summed E-state index contributed by atoms with van der Waals surface area (Å²) < 4.78 is 1.77. The Labute approximate surface area is 306 Å². The van der Waals surface area contributed by atoms with E-state index in [0.717, 1.165) is 0 Å². The van der Waals surface area contributed by atoms with Gasteiger partial charge < -0.3 is 42.8 Å². The number of primary amides is 1. The maximum Gasteiger partial charge on any atom is 0.303 e. The van der Waals surface area contributed by atoms with Gasteiger partial charge >= 0.3 is 5.97 Å². The number of nitrogens with zero attached hydrogens (tertiary/aromatic N) is 2. The number of rotatable bonds is 19. The van der Waals surface area contributed by atoms with E-state index in [9.17, 15) is 29.1 Å². The van der Waals surface area contributed by atoms with Crippen molar-refractivity contribution >= 4 is 46.9 Å². The lowest BCUT2D eigenvalue weighted by Gasteiger charge is -2.22. The van der Waals surface area contributed by atoms with Gasteiger partial charge in [-0.05, 0) is 51.2 Å². The normalized spacial score (nSPS) is 12.2. The number of guanidine groups is 1. The topological polar surface area (TPSA) is 237 Å². The number of carboxylic acid groups (broad SMARTS) is 1. The van der Waals surface area contributed by atoms with Gasteiger partial charge in [0.1, 0.15) is 17.9 Å². The first-order chi connectivity index (χ1) is 24.6. The molecule has 0 spiro atoms. The van der Waals surface area contributed by atoms with Crippen LogP contribution in [0.15, 0.2) is 66.2 Å². The summed E-state index contributed by atoms with van der Waals surface area (Å²) in [5.74, 6) is -3.99. The molecule has 1 heterocycles. The second kappa shape index (κ2) is 22.9. The van der Waals surface area contributed by atoms with Crippen LogP contribution >= 0.6 is 0 Å². The van der Waals surface area contributed by atoms with Gasteiger partial charge in [0.15, 0.2) is 5.96 Å². The third-order valence-corrected chi connectivity index (χ3v) is 7.60. The summed E-state index contributed by atoms with van der Waals surface area (Å²) in [7, 11) is 0. The van der Waals surface area contributed by atoms with Crippen LogP contribution in [-0.2, 0) is 19.2 Å². The van der Waals surface area contributed by atoms with E-state index in [1.807, 2.05) is 39.0 Å². The first-order valence-corrected chi connectivity index (χ1v) is 17.4. The van der Waals surface area contributed by atoms with Gasteiger partial charge in [-0.15, -0.1) is 0 Å². The lowest BCUT2D eigenvalue weighted by atomic mass is 9.96. The van der Waals surface area contributed by atoms with Crippen molar-refractivity contribution in [3.8, 4) is 11.1 Å². The first kappa shape index (κ1) is 44.4. The SMILES string of the molecule is C=C/C=C(\C=C/C)c1c(-c2ccccc2)c(C(=O)NC(CCCN=C(N)N)C(N)=O)c(NC(=O)C(CCC(=O)O)NC(C)=O)n1C(C)C.CCCC. The molecule has 10 N–H and O–H groups in total. The van der Waals surface area contributed by atoms with Crippen molar-refractivity contribution in [3.63, 3.8) is 0 Å². The molecule has 1 aromatic carbocycles. The summed E-state index contributed by atoms with van der Waals surface area (Å²) in [6.07, 6.45) is 9.49. The Hall–Kier alpha value is -5.66. The Balaban J connectivity index is 0.00000320. The highest BCUT2D eigenvalue weighted by atomic mass is 16.4. The molecule has 0 radical (unpaired) electrons. The van der Waals surface area contributed by atoms with E-state index in [-0.39, 0.29) is 42.8 Å². The van der Waals surface area contributed by atoms with Crippen LogP contribution in [0.25, 0.3) is 16.7 Å². The molecular formula is C38H56N8O6. The van der Waals surface area contributed by atoms with Crippen molar-refractivity contribution in [2.75, 3.05) is 11.9 Å². The van der Waals surface area contributed by atoms with Crippen molar-refractivity contribution in [1.29, 1.82) is 0 Å². The fourth-order valence-electron chi connectivity index (χ4n) is 5.14. The Bertz CT molecular complexity index is 1620. The second-order valence-corrected chi connectivity index (χ2v) is 12.2. The lowest BCUT2D eigenvalue weighted by molar-refractivity contribution is -0.137. The molecule has 2 unspecified atom stereocenters. The molecule has 2 atom stereocenters. The number of nitrogens with two attached hydrogens (primary N) is 3. The van der Waals surface area contributed by atoms with E-state index >= 15 is 0 Å². The second-order valence-electron chi connectivity index (χ2n) is 12.2. The summed E-state index contributed by atoms with van der Waals surface area (Å²) in [6.45, 7) is 15.2. The Morgan fingerprint density at radius 1 is 0.981 bits per heavy atom. The van der Waals surface area contributed by atoms with E-state index in [1.54, 1.807) is 41.0 Å². The number of nitrogens with one attached hydrogen (secondary N) is 3. The highest BCUT2D eigenvalue weighted by Crippen LogP contribution is 2.42. The van der Waals surface area contributed by atoms with Gasteiger partial charge in [-0.3, -0.25) is 29.0 Å². The van der Waals surface area contributed by atoms with E-state index in [4.69, 9.17) is 17.2 Å². The highest BCUT2D eigenvalue weighted by Gasteiger charge is 2.34. The van der Waals surface area contributed by atoms with Crippen LogP contribution < -0.4 is 33.2 Å². The van der Waals surface area contributed by atoms with Gasteiger partial charge in [0.05, 0.1) is 11.3 Å². The third-order valence-electron chi connectivity index (χ3n) is 7.60. The van der Waals surface area contributed by atoms with Gasteiger partial charge in [0.2, 0.25) is 17.7 Å². The monoisotopic (exact) mass is 720 g/mol. The molecular weight excluding hydrogens is 664 g/mol. The number of carboxylic acids is 1. The van der Waals surface area contributed by atoms with Crippen molar-refractivity contribution in [3.05, 3.63) is 72.5 Å². The van der Waals surface area contributed by atoms with E-state index < -0.39 is 48.1 Å². The molecule has 1 aromatic heterocycles. The average Bonchev–Trinajstić information content (AvgIpc) is 3.42. The van der Waals surface area contributed by atoms with Gasteiger partial charge in [0.25, 0.3) is 5.91 Å². The van der Waals surface area contributed by atoms with Crippen molar-refractivity contribution in [2.24, 2.45) is 22.2 Å². The van der Waals surface area contributed by atoms with Crippen LogP contribution in [0.1, 0.15) is 102 Å². The first-order valence-electron chi connectivity index (χ1n) is 17.4. The van der Waals surface area contributed by atoms with E-state index in [0.29, 0.717) is 28.8 Å². The number of aliphatic imine (C=N–C) groups is 1. The fraction of sp³-hybridized carbons (Fsp3) is 0.421. The molecule has 0 saturated carbocycles. The lowest BCUT2D eigenvalue weighted by Crippen LogP contribution is -2.45. The summed E-state index contributed by atoms with van der Waals surface area (Å²) >= 11 is 0.